The lowest BCUT2D eigenvalue weighted by molar-refractivity contribution is 0.0978. The first-order chi connectivity index (χ1) is 11.2. The minimum absolute atomic E-state index is 0.233. The van der Waals surface area contributed by atoms with Gasteiger partial charge in [-0.15, -0.1) is 5.73 Å². The highest BCUT2D eigenvalue weighted by atomic mass is 32.1. The van der Waals surface area contributed by atoms with E-state index in [1.165, 1.54) is 0 Å². The molecule has 0 saturated carbocycles. The summed E-state index contributed by atoms with van der Waals surface area (Å²) >= 11 is 5.20. The molecule has 1 amide bonds. The molecular formula is C19H14N2OS. The lowest BCUT2D eigenvalue weighted by Gasteiger charge is -2.10. The van der Waals surface area contributed by atoms with Gasteiger partial charge in [-0.25, -0.2) is 0 Å². The van der Waals surface area contributed by atoms with Gasteiger partial charge >= 0.3 is 0 Å². The first-order valence-corrected chi connectivity index (χ1v) is 7.54. The molecule has 0 spiro atoms. The molecule has 2 aromatic carbocycles. The summed E-state index contributed by atoms with van der Waals surface area (Å²) in [5.41, 5.74) is 6.60. The van der Waals surface area contributed by atoms with Crippen LogP contribution < -0.4 is 10.6 Å². The zero-order valence-electron chi connectivity index (χ0n) is 12.2. The summed E-state index contributed by atoms with van der Waals surface area (Å²) in [6, 6.07) is 16.8. The van der Waals surface area contributed by atoms with Gasteiger partial charge in [0.25, 0.3) is 5.91 Å². The van der Waals surface area contributed by atoms with Crippen LogP contribution in [0.15, 0.2) is 78.6 Å². The number of hydrogen-bond acceptors (Lipinski definition) is 2. The molecule has 0 atom stereocenters. The highest BCUT2D eigenvalue weighted by molar-refractivity contribution is 7.80. The van der Waals surface area contributed by atoms with Crippen molar-refractivity contribution in [1.82, 2.24) is 5.32 Å². The maximum Gasteiger partial charge on any atom is 0.257 e. The van der Waals surface area contributed by atoms with E-state index in [1.807, 2.05) is 60.7 Å². The van der Waals surface area contributed by atoms with E-state index < -0.39 is 0 Å². The number of thiocarbonyl (C=S) groups is 1. The van der Waals surface area contributed by atoms with E-state index in [0.29, 0.717) is 5.56 Å². The Morgan fingerprint density at radius 2 is 1.87 bits per heavy atom. The van der Waals surface area contributed by atoms with Crippen LogP contribution in [0.3, 0.4) is 0 Å². The number of allylic oxidation sites excluding steroid dienone is 3. The predicted octanol–water partition coefficient (Wildman–Crippen LogP) is 3.92. The fraction of sp³-hybridized carbons (Fsp3) is 0. The maximum atomic E-state index is 12.1. The highest BCUT2D eigenvalue weighted by Gasteiger charge is 2.08. The van der Waals surface area contributed by atoms with Crippen molar-refractivity contribution < 1.29 is 4.79 Å². The van der Waals surface area contributed by atoms with Crippen LogP contribution in [0, 0.1) is 0 Å². The van der Waals surface area contributed by atoms with E-state index in [9.17, 15) is 4.79 Å². The van der Waals surface area contributed by atoms with Gasteiger partial charge in [0.2, 0.25) is 0 Å². The molecule has 3 nitrogen and oxygen atoms in total. The molecule has 0 aromatic heterocycles. The Balaban J connectivity index is 1.66. The Kier molecular flexibility index (Phi) is 4.48. The fourth-order valence-corrected chi connectivity index (χ4v) is 2.41. The van der Waals surface area contributed by atoms with Gasteiger partial charge in [-0.05, 0) is 54.2 Å². The molecule has 1 aliphatic carbocycles. The summed E-state index contributed by atoms with van der Waals surface area (Å²) in [6.07, 6.45) is 5.81. The molecule has 2 N–H and O–H groups in total. The molecule has 3 rings (SSSR count). The Morgan fingerprint density at radius 3 is 2.61 bits per heavy atom. The van der Waals surface area contributed by atoms with Crippen molar-refractivity contribution in [2.75, 3.05) is 5.32 Å². The molecule has 112 valence electrons. The summed E-state index contributed by atoms with van der Waals surface area (Å²) in [5, 5.41) is 5.97. The van der Waals surface area contributed by atoms with Crippen LogP contribution in [0.2, 0.25) is 0 Å². The van der Waals surface area contributed by atoms with Crippen LogP contribution >= 0.6 is 12.2 Å². The standard InChI is InChI=1S/C19H14N2OS/c22-18(15-9-2-1-3-10-15)21-19(23)20-17-12-6-11-16(13-17)14-7-4-5-8-14/h1-7,9-13H,(H2,20,21,22,23). The van der Waals surface area contributed by atoms with Crippen molar-refractivity contribution in [3.8, 4) is 0 Å². The molecule has 0 heterocycles. The number of benzene rings is 2. The second-order valence-corrected chi connectivity index (χ2v) is 5.35. The summed E-state index contributed by atoms with van der Waals surface area (Å²) in [4.78, 5) is 12.1. The van der Waals surface area contributed by atoms with Gasteiger partial charge in [0.15, 0.2) is 5.11 Å². The van der Waals surface area contributed by atoms with Crippen molar-refractivity contribution in [3.63, 3.8) is 0 Å². The fourth-order valence-electron chi connectivity index (χ4n) is 2.20. The van der Waals surface area contributed by atoms with Crippen LogP contribution in [0.4, 0.5) is 5.69 Å². The van der Waals surface area contributed by atoms with Crippen molar-refractivity contribution in [2.24, 2.45) is 0 Å². The molecule has 0 aliphatic heterocycles. The monoisotopic (exact) mass is 318 g/mol. The lowest BCUT2D eigenvalue weighted by atomic mass is 10.1. The third kappa shape index (κ3) is 3.83. The highest BCUT2D eigenvalue weighted by Crippen LogP contribution is 2.21. The largest absolute Gasteiger partial charge is 0.332 e. The molecule has 0 radical (unpaired) electrons. The average molecular weight is 318 g/mol. The van der Waals surface area contributed by atoms with Crippen LogP contribution in [0.1, 0.15) is 15.9 Å². The Bertz CT molecular complexity index is 847. The molecule has 0 saturated heterocycles. The Hall–Kier alpha value is -2.94. The zero-order valence-corrected chi connectivity index (χ0v) is 13.1. The molecular weight excluding hydrogens is 304 g/mol. The van der Waals surface area contributed by atoms with Crippen LogP contribution in [0.25, 0.3) is 5.57 Å². The number of amides is 1. The van der Waals surface area contributed by atoms with E-state index in [2.05, 4.69) is 16.4 Å². The van der Waals surface area contributed by atoms with Gasteiger partial charge in [0, 0.05) is 16.8 Å². The Morgan fingerprint density at radius 1 is 1.04 bits per heavy atom. The second-order valence-electron chi connectivity index (χ2n) is 4.94. The minimum atomic E-state index is -0.233. The van der Waals surface area contributed by atoms with Crippen molar-refractivity contribution in [3.05, 3.63) is 89.7 Å². The molecule has 1 aliphatic rings. The topological polar surface area (TPSA) is 41.1 Å². The van der Waals surface area contributed by atoms with Crippen molar-refractivity contribution >= 4 is 34.5 Å². The lowest BCUT2D eigenvalue weighted by Crippen LogP contribution is -2.34. The molecule has 23 heavy (non-hydrogen) atoms. The molecule has 4 heteroatoms. The van der Waals surface area contributed by atoms with Crippen molar-refractivity contribution in [2.45, 2.75) is 0 Å². The number of carbonyl (C=O) groups is 1. The first kappa shape index (κ1) is 15.0. The van der Waals surface area contributed by atoms with Gasteiger partial charge in [-0.2, -0.15) is 0 Å². The third-order valence-corrected chi connectivity index (χ3v) is 3.50. The van der Waals surface area contributed by atoms with Gasteiger partial charge in [-0.3, -0.25) is 10.1 Å². The van der Waals surface area contributed by atoms with E-state index in [4.69, 9.17) is 12.2 Å². The van der Waals surface area contributed by atoms with Gasteiger partial charge < -0.3 is 5.32 Å². The molecule has 0 fully saturated rings. The maximum absolute atomic E-state index is 12.1. The van der Waals surface area contributed by atoms with E-state index in [1.54, 1.807) is 12.1 Å². The molecule has 0 unspecified atom stereocenters. The van der Waals surface area contributed by atoms with Crippen LogP contribution in [0.5, 0.6) is 0 Å². The predicted molar refractivity (Wildman–Crippen MR) is 97.2 cm³/mol. The molecule has 2 aromatic rings. The number of nitrogens with one attached hydrogen (secondary N) is 2. The van der Waals surface area contributed by atoms with Crippen LogP contribution in [-0.4, -0.2) is 11.0 Å². The van der Waals surface area contributed by atoms with E-state index in [0.717, 1.165) is 16.8 Å². The number of rotatable bonds is 3. The summed E-state index contributed by atoms with van der Waals surface area (Å²) in [5.74, 6) is -0.233. The smallest absolute Gasteiger partial charge is 0.257 e. The average Bonchev–Trinajstić information content (AvgIpc) is 3.10. The SMILES string of the molecule is O=C(NC(=S)Nc1cccc(C2=C=CC=C2)c1)c1ccccc1. The van der Waals surface area contributed by atoms with Crippen molar-refractivity contribution in [1.29, 1.82) is 0 Å². The zero-order chi connectivity index (χ0) is 16.1. The number of carbonyl (C=O) groups excluding carboxylic acids is 1. The third-order valence-electron chi connectivity index (χ3n) is 3.29. The Labute approximate surface area is 140 Å². The normalized spacial score (nSPS) is 11.9. The number of anilines is 1. The second kappa shape index (κ2) is 6.88. The minimum Gasteiger partial charge on any atom is -0.332 e. The van der Waals surface area contributed by atoms with Gasteiger partial charge in [0.1, 0.15) is 0 Å². The van der Waals surface area contributed by atoms with E-state index >= 15 is 0 Å². The van der Waals surface area contributed by atoms with Gasteiger partial charge in [-0.1, -0.05) is 36.4 Å². The quantitative estimate of drug-likeness (QED) is 0.666. The van der Waals surface area contributed by atoms with E-state index in [-0.39, 0.29) is 11.0 Å². The summed E-state index contributed by atoms with van der Waals surface area (Å²) < 4.78 is 0. The molecule has 0 bridgehead atoms. The van der Waals surface area contributed by atoms with Crippen LogP contribution in [-0.2, 0) is 0 Å². The van der Waals surface area contributed by atoms with Gasteiger partial charge in [0.05, 0.1) is 0 Å². The number of hydrogen-bond donors (Lipinski definition) is 2. The summed E-state index contributed by atoms with van der Waals surface area (Å²) in [6.45, 7) is 0. The first-order valence-electron chi connectivity index (χ1n) is 7.13. The summed E-state index contributed by atoms with van der Waals surface area (Å²) in [7, 11) is 0.